The molecule has 3 rings (SSSR count). The minimum absolute atomic E-state index is 0.729. The molecule has 0 saturated carbocycles. The van der Waals surface area contributed by atoms with Crippen molar-refractivity contribution in [3.05, 3.63) is 53.3 Å². The Labute approximate surface area is 133 Å². The molecule has 108 valence electrons. The largest absolute Gasteiger partial charge is 0.319 e. The number of imidazole rings is 1. The van der Waals surface area contributed by atoms with E-state index in [1.54, 1.807) is 18.0 Å². The topological polar surface area (TPSA) is 30.7 Å². The van der Waals surface area contributed by atoms with E-state index in [0.717, 1.165) is 39.9 Å². The lowest BCUT2D eigenvalue weighted by Crippen LogP contribution is -1.98. The minimum atomic E-state index is 0.729. The standard InChI is InChI=1S/C16H16ClN3S/c1-2-8-20-15-6-5-13(17)9-14(15)19-16(20)21-11-12-4-3-7-18-10-12/h3-7,9-10H,2,8,11H2,1H3. The molecule has 0 amide bonds. The number of thioether (sulfide) groups is 1. The molecule has 3 nitrogen and oxygen atoms in total. The molecule has 2 heterocycles. The van der Waals surface area contributed by atoms with E-state index in [1.807, 2.05) is 24.4 Å². The molecule has 0 fully saturated rings. The highest BCUT2D eigenvalue weighted by molar-refractivity contribution is 7.98. The summed E-state index contributed by atoms with van der Waals surface area (Å²) in [5.74, 6) is 0.870. The second kappa shape index (κ2) is 6.50. The van der Waals surface area contributed by atoms with Crippen molar-refractivity contribution in [2.45, 2.75) is 30.8 Å². The minimum Gasteiger partial charge on any atom is -0.319 e. The summed E-state index contributed by atoms with van der Waals surface area (Å²) in [6.45, 7) is 3.14. The number of fused-ring (bicyclic) bond motifs is 1. The van der Waals surface area contributed by atoms with Gasteiger partial charge in [0, 0.05) is 29.7 Å². The molecule has 2 aromatic heterocycles. The molecule has 0 spiro atoms. The average Bonchev–Trinajstić information content (AvgIpc) is 2.84. The number of rotatable bonds is 5. The number of aromatic nitrogens is 3. The molecule has 0 aliphatic rings. The van der Waals surface area contributed by atoms with Gasteiger partial charge < -0.3 is 4.57 Å². The summed E-state index contributed by atoms with van der Waals surface area (Å²) in [6.07, 6.45) is 4.77. The van der Waals surface area contributed by atoms with Crippen LogP contribution in [0.1, 0.15) is 18.9 Å². The lowest BCUT2D eigenvalue weighted by atomic mass is 10.3. The Bertz CT molecular complexity index is 740. The van der Waals surface area contributed by atoms with Gasteiger partial charge in [0.2, 0.25) is 0 Å². The van der Waals surface area contributed by atoms with Crippen LogP contribution in [0.4, 0.5) is 0 Å². The van der Waals surface area contributed by atoms with Crippen LogP contribution in [0.2, 0.25) is 5.02 Å². The molecule has 0 unspecified atom stereocenters. The lowest BCUT2D eigenvalue weighted by Gasteiger charge is -2.07. The van der Waals surface area contributed by atoms with E-state index in [4.69, 9.17) is 16.6 Å². The van der Waals surface area contributed by atoms with Crippen LogP contribution in [0.3, 0.4) is 0 Å². The Balaban J connectivity index is 1.91. The Morgan fingerprint density at radius 3 is 2.95 bits per heavy atom. The van der Waals surface area contributed by atoms with Crippen LogP contribution in [0.5, 0.6) is 0 Å². The summed E-state index contributed by atoms with van der Waals surface area (Å²) in [5, 5.41) is 1.77. The summed E-state index contributed by atoms with van der Waals surface area (Å²) < 4.78 is 2.27. The highest BCUT2D eigenvalue weighted by Crippen LogP contribution is 2.28. The quantitative estimate of drug-likeness (QED) is 0.634. The van der Waals surface area contributed by atoms with Crippen molar-refractivity contribution in [2.75, 3.05) is 0 Å². The first kappa shape index (κ1) is 14.4. The van der Waals surface area contributed by atoms with Crippen molar-refractivity contribution in [3.63, 3.8) is 0 Å². The number of nitrogens with zero attached hydrogens (tertiary/aromatic N) is 3. The maximum Gasteiger partial charge on any atom is 0.169 e. The highest BCUT2D eigenvalue weighted by Gasteiger charge is 2.11. The predicted molar refractivity (Wildman–Crippen MR) is 88.8 cm³/mol. The molecule has 0 saturated heterocycles. The Kier molecular flexibility index (Phi) is 4.46. The van der Waals surface area contributed by atoms with Gasteiger partial charge in [0.15, 0.2) is 5.16 Å². The van der Waals surface area contributed by atoms with Crippen LogP contribution in [0.15, 0.2) is 47.9 Å². The normalized spacial score (nSPS) is 11.1. The van der Waals surface area contributed by atoms with Gasteiger partial charge >= 0.3 is 0 Å². The number of halogens is 1. The molecule has 0 aliphatic carbocycles. The predicted octanol–water partition coefficient (Wildman–Crippen LogP) is 4.79. The van der Waals surface area contributed by atoms with Crippen LogP contribution in [0, 0.1) is 0 Å². The van der Waals surface area contributed by atoms with E-state index in [1.165, 1.54) is 5.56 Å². The first-order valence-corrected chi connectivity index (χ1v) is 8.32. The van der Waals surface area contributed by atoms with E-state index in [0.29, 0.717) is 0 Å². The van der Waals surface area contributed by atoms with Crippen molar-refractivity contribution < 1.29 is 0 Å². The Morgan fingerprint density at radius 2 is 2.19 bits per heavy atom. The van der Waals surface area contributed by atoms with Crippen LogP contribution in [0.25, 0.3) is 11.0 Å². The van der Waals surface area contributed by atoms with Gasteiger partial charge in [0.25, 0.3) is 0 Å². The monoisotopic (exact) mass is 317 g/mol. The highest BCUT2D eigenvalue weighted by atomic mass is 35.5. The van der Waals surface area contributed by atoms with Crippen LogP contribution in [-0.2, 0) is 12.3 Å². The number of hydrogen-bond acceptors (Lipinski definition) is 3. The SMILES string of the molecule is CCCn1c(SCc2cccnc2)nc2cc(Cl)ccc21. The third-order valence-corrected chi connectivity index (χ3v) is 4.50. The fourth-order valence-electron chi connectivity index (χ4n) is 2.26. The zero-order valence-electron chi connectivity index (χ0n) is 11.8. The molecular weight excluding hydrogens is 302 g/mol. The maximum absolute atomic E-state index is 6.07. The fourth-order valence-corrected chi connectivity index (χ4v) is 3.40. The number of aryl methyl sites for hydroxylation is 1. The molecule has 0 bridgehead atoms. The van der Waals surface area contributed by atoms with Crippen molar-refractivity contribution in [1.82, 2.24) is 14.5 Å². The Hall–Kier alpha value is -1.52. The maximum atomic E-state index is 6.07. The van der Waals surface area contributed by atoms with Gasteiger partial charge in [0.1, 0.15) is 0 Å². The molecular formula is C16H16ClN3S. The third kappa shape index (κ3) is 3.22. The molecule has 5 heteroatoms. The number of hydrogen-bond donors (Lipinski definition) is 0. The number of pyridine rings is 1. The zero-order valence-corrected chi connectivity index (χ0v) is 13.4. The first-order valence-electron chi connectivity index (χ1n) is 6.95. The van der Waals surface area contributed by atoms with Crippen LogP contribution < -0.4 is 0 Å². The van der Waals surface area contributed by atoms with E-state index in [2.05, 4.69) is 28.6 Å². The van der Waals surface area contributed by atoms with Gasteiger partial charge in [-0.15, -0.1) is 0 Å². The zero-order chi connectivity index (χ0) is 14.7. The summed E-state index contributed by atoms with van der Waals surface area (Å²) >= 11 is 7.81. The van der Waals surface area contributed by atoms with Gasteiger partial charge in [-0.05, 0) is 36.2 Å². The van der Waals surface area contributed by atoms with Crippen LogP contribution >= 0.6 is 23.4 Å². The molecule has 3 aromatic rings. The fraction of sp³-hybridized carbons (Fsp3) is 0.250. The molecule has 0 radical (unpaired) electrons. The third-order valence-electron chi connectivity index (χ3n) is 3.21. The molecule has 21 heavy (non-hydrogen) atoms. The Morgan fingerprint density at radius 1 is 1.29 bits per heavy atom. The van der Waals surface area contributed by atoms with Crippen molar-refractivity contribution in [1.29, 1.82) is 0 Å². The van der Waals surface area contributed by atoms with Gasteiger partial charge in [-0.3, -0.25) is 4.98 Å². The number of benzene rings is 1. The van der Waals surface area contributed by atoms with Gasteiger partial charge in [-0.1, -0.05) is 36.4 Å². The van der Waals surface area contributed by atoms with Crippen molar-refractivity contribution in [3.8, 4) is 0 Å². The lowest BCUT2D eigenvalue weighted by molar-refractivity contribution is 0.638. The average molecular weight is 318 g/mol. The van der Waals surface area contributed by atoms with E-state index >= 15 is 0 Å². The van der Waals surface area contributed by atoms with E-state index in [9.17, 15) is 0 Å². The van der Waals surface area contributed by atoms with E-state index < -0.39 is 0 Å². The van der Waals surface area contributed by atoms with E-state index in [-0.39, 0.29) is 0 Å². The smallest absolute Gasteiger partial charge is 0.169 e. The summed E-state index contributed by atoms with van der Waals surface area (Å²) in [6, 6.07) is 9.95. The second-order valence-electron chi connectivity index (χ2n) is 4.83. The first-order chi connectivity index (χ1) is 10.3. The van der Waals surface area contributed by atoms with Crippen molar-refractivity contribution in [2.24, 2.45) is 0 Å². The molecule has 0 atom stereocenters. The molecule has 0 N–H and O–H groups in total. The second-order valence-corrected chi connectivity index (χ2v) is 6.21. The van der Waals surface area contributed by atoms with Gasteiger partial charge in [-0.25, -0.2) is 4.98 Å². The molecule has 0 aliphatic heterocycles. The molecule has 1 aromatic carbocycles. The van der Waals surface area contributed by atoms with Gasteiger partial charge in [0.05, 0.1) is 11.0 Å². The summed E-state index contributed by atoms with van der Waals surface area (Å²) in [5.41, 5.74) is 3.32. The van der Waals surface area contributed by atoms with Gasteiger partial charge in [-0.2, -0.15) is 0 Å². The van der Waals surface area contributed by atoms with Crippen molar-refractivity contribution >= 4 is 34.4 Å². The summed E-state index contributed by atoms with van der Waals surface area (Å²) in [4.78, 5) is 8.88. The van der Waals surface area contributed by atoms with Crippen LogP contribution in [-0.4, -0.2) is 14.5 Å². The summed E-state index contributed by atoms with van der Waals surface area (Å²) in [7, 11) is 0.